The maximum Gasteiger partial charge on any atom is 0.237 e. The molecule has 0 radical (unpaired) electrons. The molecular weight excluding hydrogens is 296 g/mol. The number of rotatable bonds is 8. The van der Waals surface area contributed by atoms with Crippen LogP contribution in [0.4, 0.5) is 0 Å². The fourth-order valence-electron chi connectivity index (χ4n) is 2.54. The van der Waals surface area contributed by atoms with Gasteiger partial charge in [0.25, 0.3) is 0 Å². The van der Waals surface area contributed by atoms with Crippen LogP contribution < -0.4 is 10.6 Å². The Kier molecular flexibility index (Phi) is 7.01. The summed E-state index contributed by atoms with van der Waals surface area (Å²) in [7, 11) is 0. The number of benzene rings is 2. The first kappa shape index (κ1) is 18.2. The standard InChI is InChI=1S/C21H28N2O/c1-16-9-12-20(13-10-16)15-22-18(3)21(24)23-17(2)11-14-19-7-5-4-6-8-19/h4-10,12-13,17-18,22H,11,14-15H2,1-3H3,(H,23,24)/t17-,18-/m1/s1. The Morgan fingerprint density at radius 1 is 0.958 bits per heavy atom. The summed E-state index contributed by atoms with van der Waals surface area (Å²) in [5.74, 6) is 0.0580. The lowest BCUT2D eigenvalue weighted by atomic mass is 10.1. The molecule has 2 aromatic rings. The topological polar surface area (TPSA) is 41.1 Å². The summed E-state index contributed by atoms with van der Waals surface area (Å²) in [5.41, 5.74) is 3.75. The van der Waals surface area contributed by atoms with Gasteiger partial charge in [0, 0.05) is 12.6 Å². The van der Waals surface area contributed by atoms with Crippen molar-refractivity contribution < 1.29 is 4.79 Å². The van der Waals surface area contributed by atoms with E-state index in [4.69, 9.17) is 0 Å². The molecule has 2 aromatic carbocycles. The minimum absolute atomic E-state index is 0.0580. The van der Waals surface area contributed by atoms with Gasteiger partial charge in [-0.25, -0.2) is 0 Å². The van der Waals surface area contributed by atoms with Crippen molar-refractivity contribution in [1.82, 2.24) is 10.6 Å². The maximum atomic E-state index is 12.3. The summed E-state index contributed by atoms with van der Waals surface area (Å²) in [4.78, 5) is 12.3. The van der Waals surface area contributed by atoms with Crippen molar-refractivity contribution in [1.29, 1.82) is 0 Å². The molecule has 0 bridgehead atoms. The van der Waals surface area contributed by atoms with Crippen molar-refractivity contribution in [3.63, 3.8) is 0 Å². The first-order valence-electron chi connectivity index (χ1n) is 8.68. The molecule has 3 nitrogen and oxygen atoms in total. The molecule has 0 unspecified atom stereocenters. The highest BCUT2D eigenvalue weighted by atomic mass is 16.2. The Labute approximate surface area is 145 Å². The normalized spacial score (nSPS) is 13.3. The van der Waals surface area contributed by atoms with Crippen LogP contribution in [0.1, 0.15) is 37.0 Å². The molecule has 0 saturated carbocycles. The summed E-state index contributed by atoms with van der Waals surface area (Å²) in [6.45, 7) is 6.75. The predicted octanol–water partition coefficient (Wildman–Crippen LogP) is 3.61. The van der Waals surface area contributed by atoms with Crippen molar-refractivity contribution in [3.8, 4) is 0 Å². The van der Waals surface area contributed by atoms with E-state index < -0.39 is 0 Å². The second-order valence-electron chi connectivity index (χ2n) is 6.52. The molecule has 0 fully saturated rings. The fraction of sp³-hybridized carbons (Fsp3) is 0.381. The van der Waals surface area contributed by atoms with Gasteiger partial charge in [0.2, 0.25) is 5.91 Å². The molecule has 0 aliphatic heterocycles. The molecule has 0 aromatic heterocycles. The van der Waals surface area contributed by atoms with Crippen molar-refractivity contribution in [2.24, 2.45) is 0 Å². The van der Waals surface area contributed by atoms with E-state index in [2.05, 4.69) is 73.0 Å². The molecule has 0 aliphatic carbocycles. The number of nitrogens with one attached hydrogen (secondary N) is 2. The summed E-state index contributed by atoms with van der Waals surface area (Å²) >= 11 is 0. The Balaban J connectivity index is 1.71. The van der Waals surface area contributed by atoms with Gasteiger partial charge in [-0.15, -0.1) is 0 Å². The van der Waals surface area contributed by atoms with Gasteiger partial charge in [0.15, 0.2) is 0 Å². The van der Waals surface area contributed by atoms with Gasteiger partial charge in [0.1, 0.15) is 0 Å². The molecular formula is C21H28N2O. The van der Waals surface area contributed by atoms with Gasteiger partial charge in [-0.3, -0.25) is 4.79 Å². The number of carbonyl (C=O) groups is 1. The molecule has 24 heavy (non-hydrogen) atoms. The highest BCUT2D eigenvalue weighted by Gasteiger charge is 2.14. The Hall–Kier alpha value is -2.13. The molecule has 2 atom stereocenters. The van der Waals surface area contributed by atoms with Gasteiger partial charge < -0.3 is 10.6 Å². The van der Waals surface area contributed by atoms with Gasteiger partial charge in [-0.2, -0.15) is 0 Å². The first-order valence-corrected chi connectivity index (χ1v) is 8.68. The third-order valence-corrected chi connectivity index (χ3v) is 4.22. The maximum absolute atomic E-state index is 12.3. The van der Waals surface area contributed by atoms with Crippen LogP contribution in [0.5, 0.6) is 0 Å². The molecule has 0 aliphatic rings. The van der Waals surface area contributed by atoms with Crippen molar-refractivity contribution >= 4 is 5.91 Å². The van der Waals surface area contributed by atoms with E-state index in [9.17, 15) is 4.79 Å². The second kappa shape index (κ2) is 9.24. The van der Waals surface area contributed by atoms with Gasteiger partial charge in [-0.05, 0) is 44.7 Å². The third-order valence-electron chi connectivity index (χ3n) is 4.22. The van der Waals surface area contributed by atoms with Crippen LogP contribution in [-0.4, -0.2) is 18.0 Å². The zero-order valence-electron chi connectivity index (χ0n) is 14.9. The van der Waals surface area contributed by atoms with E-state index in [0.717, 1.165) is 12.8 Å². The summed E-state index contributed by atoms with van der Waals surface area (Å²) in [6, 6.07) is 18.7. The van der Waals surface area contributed by atoms with Gasteiger partial charge in [-0.1, -0.05) is 60.2 Å². The fourth-order valence-corrected chi connectivity index (χ4v) is 2.54. The average Bonchev–Trinajstić information content (AvgIpc) is 2.60. The number of hydrogen-bond donors (Lipinski definition) is 2. The molecule has 1 amide bonds. The van der Waals surface area contributed by atoms with Crippen molar-refractivity contribution in [3.05, 3.63) is 71.3 Å². The van der Waals surface area contributed by atoms with Gasteiger partial charge >= 0.3 is 0 Å². The molecule has 2 N–H and O–H groups in total. The zero-order chi connectivity index (χ0) is 17.4. The third kappa shape index (κ3) is 6.17. The van der Waals surface area contributed by atoms with Crippen LogP contribution in [0, 0.1) is 6.92 Å². The lowest BCUT2D eigenvalue weighted by Gasteiger charge is -2.18. The van der Waals surface area contributed by atoms with Crippen LogP contribution >= 0.6 is 0 Å². The van der Waals surface area contributed by atoms with Crippen molar-refractivity contribution in [2.45, 2.75) is 52.2 Å². The number of carbonyl (C=O) groups excluding carboxylic acids is 1. The highest BCUT2D eigenvalue weighted by molar-refractivity contribution is 5.81. The average molecular weight is 324 g/mol. The van der Waals surface area contributed by atoms with E-state index >= 15 is 0 Å². The minimum Gasteiger partial charge on any atom is -0.352 e. The van der Waals surface area contributed by atoms with Crippen LogP contribution in [-0.2, 0) is 17.8 Å². The van der Waals surface area contributed by atoms with Crippen molar-refractivity contribution in [2.75, 3.05) is 0 Å². The Morgan fingerprint density at radius 3 is 2.29 bits per heavy atom. The number of aryl methyl sites for hydroxylation is 2. The zero-order valence-corrected chi connectivity index (χ0v) is 14.9. The van der Waals surface area contributed by atoms with E-state index in [1.54, 1.807) is 0 Å². The Morgan fingerprint density at radius 2 is 1.62 bits per heavy atom. The summed E-state index contributed by atoms with van der Waals surface area (Å²) in [6.07, 6.45) is 1.92. The van der Waals surface area contributed by atoms with Crippen LogP contribution in [0.15, 0.2) is 54.6 Å². The number of amides is 1. The Bertz CT molecular complexity index is 622. The van der Waals surface area contributed by atoms with Crippen LogP contribution in [0.25, 0.3) is 0 Å². The number of hydrogen-bond acceptors (Lipinski definition) is 2. The summed E-state index contributed by atoms with van der Waals surface area (Å²) in [5, 5.41) is 6.38. The predicted molar refractivity (Wildman–Crippen MR) is 99.8 cm³/mol. The van der Waals surface area contributed by atoms with Crippen LogP contribution in [0.3, 0.4) is 0 Å². The van der Waals surface area contributed by atoms with E-state index in [1.807, 2.05) is 13.0 Å². The molecule has 2 rings (SSSR count). The van der Waals surface area contributed by atoms with Crippen LogP contribution in [0.2, 0.25) is 0 Å². The SMILES string of the molecule is Cc1ccc(CN[C@H](C)C(=O)N[C@H](C)CCc2ccccc2)cc1. The molecule has 128 valence electrons. The summed E-state index contributed by atoms with van der Waals surface area (Å²) < 4.78 is 0. The molecule has 0 spiro atoms. The highest BCUT2D eigenvalue weighted by Crippen LogP contribution is 2.06. The lowest BCUT2D eigenvalue weighted by molar-refractivity contribution is -0.123. The molecule has 0 saturated heterocycles. The minimum atomic E-state index is -0.203. The monoisotopic (exact) mass is 324 g/mol. The second-order valence-corrected chi connectivity index (χ2v) is 6.52. The van der Waals surface area contributed by atoms with E-state index in [1.165, 1.54) is 16.7 Å². The lowest BCUT2D eigenvalue weighted by Crippen LogP contribution is -2.45. The largest absolute Gasteiger partial charge is 0.352 e. The van der Waals surface area contributed by atoms with E-state index in [0.29, 0.717) is 6.54 Å². The smallest absolute Gasteiger partial charge is 0.237 e. The van der Waals surface area contributed by atoms with E-state index in [-0.39, 0.29) is 18.0 Å². The molecule has 0 heterocycles. The first-order chi connectivity index (χ1) is 11.5. The molecule has 3 heteroatoms. The quantitative estimate of drug-likeness (QED) is 0.779. The van der Waals surface area contributed by atoms with Gasteiger partial charge in [0.05, 0.1) is 6.04 Å².